The number of carboxylic acid groups (broad SMARTS) is 1. The number of nitrogens with zero attached hydrogens (tertiary/aromatic N) is 1. The quantitative estimate of drug-likeness (QED) is 0.853. The van der Waals surface area contributed by atoms with Crippen molar-refractivity contribution in [3.8, 4) is 0 Å². The van der Waals surface area contributed by atoms with E-state index in [1.165, 1.54) is 4.90 Å². The topological polar surface area (TPSA) is 78.9 Å². The molecule has 6 heteroatoms. The van der Waals surface area contributed by atoms with Gasteiger partial charge in [-0.15, -0.1) is 0 Å². The molecule has 0 spiro atoms. The second-order valence-corrected chi connectivity index (χ2v) is 5.28. The molecule has 0 aromatic heterocycles. The highest BCUT2D eigenvalue weighted by molar-refractivity contribution is 5.94. The number of hydrogen-bond donors (Lipinski definition) is 2. The molecule has 0 aliphatic carbocycles. The van der Waals surface area contributed by atoms with Crippen molar-refractivity contribution in [1.29, 1.82) is 0 Å². The average Bonchev–Trinajstić information content (AvgIpc) is 2.94. The third-order valence-electron chi connectivity index (χ3n) is 3.94. The molecule has 0 unspecified atom stereocenters. The molecule has 106 valence electrons. The Balaban J connectivity index is 1.68. The zero-order valence-electron chi connectivity index (χ0n) is 10.9. The minimum Gasteiger partial charge on any atom is -0.465 e. The van der Waals surface area contributed by atoms with Gasteiger partial charge in [0.1, 0.15) is 5.54 Å². The number of piperazine rings is 1. The van der Waals surface area contributed by atoms with Crippen molar-refractivity contribution in [2.24, 2.45) is 0 Å². The van der Waals surface area contributed by atoms with E-state index in [1.807, 2.05) is 30.3 Å². The van der Waals surface area contributed by atoms with Gasteiger partial charge in [-0.05, 0) is 5.56 Å². The number of rotatable bonds is 4. The molecule has 2 atom stereocenters. The van der Waals surface area contributed by atoms with Crippen LogP contribution < -0.4 is 5.32 Å². The summed E-state index contributed by atoms with van der Waals surface area (Å²) in [4.78, 5) is 24.5. The van der Waals surface area contributed by atoms with Gasteiger partial charge in [0.05, 0.1) is 13.2 Å². The Labute approximate surface area is 116 Å². The summed E-state index contributed by atoms with van der Waals surface area (Å²) in [6.07, 6.45) is -0.571. The van der Waals surface area contributed by atoms with Gasteiger partial charge in [-0.3, -0.25) is 9.69 Å². The maximum absolute atomic E-state index is 12.0. The first-order chi connectivity index (χ1) is 9.62. The lowest BCUT2D eigenvalue weighted by Crippen LogP contribution is -2.60. The summed E-state index contributed by atoms with van der Waals surface area (Å²) in [5, 5.41) is 12.0. The summed E-state index contributed by atoms with van der Waals surface area (Å²) in [7, 11) is 0. The van der Waals surface area contributed by atoms with E-state index in [9.17, 15) is 14.7 Å². The highest BCUT2D eigenvalue weighted by Crippen LogP contribution is 2.36. The number of ether oxygens (including phenoxy) is 1. The predicted molar refractivity (Wildman–Crippen MR) is 70.1 cm³/mol. The fourth-order valence-corrected chi connectivity index (χ4v) is 2.98. The van der Waals surface area contributed by atoms with Gasteiger partial charge in [0.15, 0.2) is 0 Å². The molecule has 2 bridgehead atoms. The third-order valence-corrected chi connectivity index (χ3v) is 3.94. The van der Waals surface area contributed by atoms with Crippen LogP contribution in [-0.4, -0.2) is 46.7 Å². The van der Waals surface area contributed by atoms with E-state index in [-0.39, 0.29) is 18.6 Å². The first kappa shape index (κ1) is 12.9. The van der Waals surface area contributed by atoms with E-state index in [0.717, 1.165) is 5.56 Å². The van der Waals surface area contributed by atoms with Crippen LogP contribution in [0.25, 0.3) is 0 Å². The van der Waals surface area contributed by atoms with Crippen LogP contribution in [0.1, 0.15) is 12.0 Å². The van der Waals surface area contributed by atoms with Crippen molar-refractivity contribution >= 4 is 12.0 Å². The normalized spacial score (nSPS) is 27.7. The molecule has 1 aromatic rings. The lowest BCUT2D eigenvalue weighted by atomic mass is 9.99. The minimum absolute atomic E-state index is 0.0843. The molecule has 2 aliphatic rings. The predicted octanol–water partition coefficient (Wildman–Crippen LogP) is 0.824. The fourth-order valence-electron chi connectivity index (χ4n) is 2.98. The van der Waals surface area contributed by atoms with E-state index < -0.39 is 11.6 Å². The molecule has 2 fully saturated rings. The van der Waals surface area contributed by atoms with Gasteiger partial charge in [0.2, 0.25) is 5.91 Å². The molecule has 3 rings (SSSR count). The molecular weight excluding hydrogens is 260 g/mol. The van der Waals surface area contributed by atoms with Gasteiger partial charge < -0.3 is 15.2 Å². The molecule has 2 aliphatic heterocycles. The molecule has 6 nitrogen and oxygen atoms in total. The van der Waals surface area contributed by atoms with Gasteiger partial charge in [-0.25, -0.2) is 4.79 Å². The van der Waals surface area contributed by atoms with Crippen molar-refractivity contribution in [1.82, 2.24) is 10.2 Å². The summed E-state index contributed by atoms with van der Waals surface area (Å²) in [6, 6.07) is 9.51. The van der Waals surface area contributed by atoms with Crippen molar-refractivity contribution < 1.29 is 19.4 Å². The first-order valence-corrected chi connectivity index (χ1v) is 6.55. The van der Waals surface area contributed by atoms with Gasteiger partial charge in [-0.2, -0.15) is 0 Å². The van der Waals surface area contributed by atoms with Crippen LogP contribution in [0.3, 0.4) is 0 Å². The van der Waals surface area contributed by atoms with Gasteiger partial charge in [0.25, 0.3) is 0 Å². The monoisotopic (exact) mass is 276 g/mol. The molecule has 2 heterocycles. The maximum atomic E-state index is 12.0. The Hall–Kier alpha value is -2.08. The standard InChI is InChI=1S/C14H16N2O4/c17-12-14(6-11(15-12)7-16(14)13(18)19)9-20-8-10-4-2-1-3-5-10/h1-5,11H,6-9H2,(H,15,17)(H,18,19)/t11-,14+/m0/s1. The highest BCUT2D eigenvalue weighted by atomic mass is 16.5. The van der Waals surface area contributed by atoms with Crippen LogP contribution >= 0.6 is 0 Å². The van der Waals surface area contributed by atoms with Crippen LogP contribution in [0.2, 0.25) is 0 Å². The second-order valence-electron chi connectivity index (χ2n) is 5.28. The Morgan fingerprint density at radius 1 is 1.45 bits per heavy atom. The SMILES string of the molecule is O=C(O)N1C[C@@H]2C[C@@]1(COCc1ccccc1)C(=O)N2. The Kier molecular flexibility index (Phi) is 3.10. The molecule has 2 saturated heterocycles. The summed E-state index contributed by atoms with van der Waals surface area (Å²) in [5.74, 6) is -0.246. The number of fused-ring (bicyclic) bond motifs is 2. The summed E-state index contributed by atoms with van der Waals surface area (Å²) < 4.78 is 5.61. The van der Waals surface area contributed by atoms with E-state index in [1.54, 1.807) is 0 Å². The maximum Gasteiger partial charge on any atom is 0.408 e. The van der Waals surface area contributed by atoms with Crippen LogP contribution in [-0.2, 0) is 16.1 Å². The Morgan fingerprint density at radius 3 is 2.85 bits per heavy atom. The van der Waals surface area contributed by atoms with Crippen molar-refractivity contribution in [3.05, 3.63) is 35.9 Å². The lowest BCUT2D eigenvalue weighted by Gasteiger charge is -2.34. The van der Waals surface area contributed by atoms with Crippen LogP contribution in [0.4, 0.5) is 4.79 Å². The number of nitrogens with one attached hydrogen (secondary N) is 1. The highest BCUT2D eigenvalue weighted by Gasteiger charge is 2.59. The number of hydrogen-bond acceptors (Lipinski definition) is 3. The third kappa shape index (κ3) is 2.02. The van der Waals surface area contributed by atoms with E-state index >= 15 is 0 Å². The average molecular weight is 276 g/mol. The number of carbonyl (C=O) groups excluding carboxylic acids is 1. The van der Waals surface area contributed by atoms with E-state index in [0.29, 0.717) is 19.6 Å². The molecule has 0 radical (unpaired) electrons. The zero-order valence-corrected chi connectivity index (χ0v) is 10.9. The zero-order chi connectivity index (χ0) is 14.2. The lowest BCUT2D eigenvalue weighted by molar-refractivity contribution is -0.134. The molecule has 0 saturated carbocycles. The second kappa shape index (κ2) is 4.79. The number of likely N-dealkylation sites (tertiary alicyclic amines) is 1. The molecule has 1 aromatic carbocycles. The number of benzene rings is 1. The Morgan fingerprint density at radius 2 is 2.20 bits per heavy atom. The largest absolute Gasteiger partial charge is 0.465 e. The molecular formula is C14H16N2O4. The van der Waals surface area contributed by atoms with Crippen molar-refractivity contribution in [2.75, 3.05) is 13.2 Å². The van der Waals surface area contributed by atoms with Crippen LogP contribution in [0.5, 0.6) is 0 Å². The van der Waals surface area contributed by atoms with Crippen LogP contribution in [0.15, 0.2) is 30.3 Å². The smallest absolute Gasteiger partial charge is 0.408 e. The molecule has 2 amide bonds. The summed E-state index contributed by atoms with van der Waals surface area (Å²) in [6.45, 7) is 0.806. The number of amides is 2. The fraction of sp³-hybridized carbons (Fsp3) is 0.429. The van der Waals surface area contributed by atoms with Gasteiger partial charge in [-0.1, -0.05) is 30.3 Å². The van der Waals surface area contributed by atoms with E-state index in [2.05, 4.69) is 5.32 Å². The van der Waals surface area contributed by atoms with Crippen molar-refractivity contribution in [2.45, 2.75) is 24.6 Å². The number of carbonyl (C=O) groups is 2. The van der Waals surface area contributed by atoms with E-state index in [4.69, 9.17) is 4.74 Å². The van der Waals surface area contributed by atoms with Crippen LogP contribution in [0, 0.1) is 0 Å². The summed E-state index contributed by atoms with van der Waals surface area (Å²) >= 11 is 0. The summed E-state index contributed by atoms with van der Waals surface area (Å²) in [5.41, 5.74) is -0.0515. The van der Waals surface area contributed by atoms with Crippen molar-refractivity contribution in [3.63, 3.8) is 0 Å². The van der Waals surface area contributed by atoms with Gasteiger partial charge in [0, 0.05) is 19.0 Å². The molecule has 20 heavy (non-hydrogen) atoms. The molecule has 2 N–H and O–H groups in total. The minimum atomic E-state index is -1.06. The van der Waals surface area contributed by atoms with Gasteiger partial charge >= 0.3 is 6.09 Å². The Bertz CT molecular complexity index is 533. The first-order valence-electron chi connectivity index (χ1n) is 6.55.